The molecule has 1 aliphatic carbocycles. The van der Waals surface area contributed by atoms with E-state index < -0.39 is 0 Å². The van der Waals surface area contributed by atoms with Gasteiger partial charge in [-0.1, -0.05) is 27.2 Å². The molecule has 0 bridgehead atoms. The molecule has 1 saturated carbocycles. The highest BCUT2D eigenvalue weighted by molar-refractivity contribution is 7.80. The zero-order valence-electron chi connectivity index (χ0n) is 14.3. The molecule has 1 saturated heterocycles. The molecule has 0 unspecified atom stereocenters. The van der Waals surface area contributed by atoms with E-state index in [1.807, 2.05) is 0 Å². The van der Waals surface area contributed by atoms with Crippen LogP contribution in [-0.2, 0) is 4.74 Å². The molecule has 2 N–H and O–H groups in total. The van der Waals surface area contributed by atoms with Crippen molar-refractivity contribution in [3.63, 3.8) is 0 Å². The van der Waals surface area contributed by atoms with Gasteiger partial charge in [-0.2, -0.15) is 5.10 Å². The lowest BCUT2D eigenvalue weighted by atomic mass is 9.69. The van der Waals surface area contributed by atoms with Crippen LogP contribution in [0.2, 0.25) is 0 Å². The molecule has 4 nitrogen and oxygen atoms in total. The molecule has 2 aliphatic rings. The third kappa shape index (κ3) is 5.20. The summed E-state index contributed by atoms with van der Waals surface area (Å²) >= 11 is 5.27. The lowest BCUT2D eigenvalue weighted by Crippen LogP contribution is -2.38. The second-order valence-corrected chi connectivity index (χ2v) is 7.66. The lowest BCUT2D eigenvalue weighted by Gasteiger charge is -2.36. The summed E-state index contributed by atoms with van der Waals surface area (Å²) in [6.07, 6.45) is 8.52. The third-order valence-corrected chi connectivity index (χ3v) is 5.64. The Morgan fingerprint density at radius 3 is 2.64 bits per heavy atom. The van der Waals surface area contributed by atoms with Gasteiger partial charge in [-0.05, 0) is 62.1 Å². The average Bonchev–Trinajstić information content (AvgIpc) is 3.05. The molecule has 126 valence electrons. The molecule has 0 aromatic heterocycles. The molecule has 0 amide bonds. The van der Waals surface area contributed by atoms with Gasteiger partial charge < -0.3 is 10.1 Å². The van der Waals surface area contributed by atoms with Crippen molar-refractivity contribution in [2.75, 3.05) is 13.2 Å². The first-order valence-corrected chi connectivity index (χ1v) is 9.13. The van der Waals surface area contributed by atoms with E-state index in [0.29, 0.717) is 16.6 Å². The number of nitrogens with one attached hydrogen (secondary N) is 2. The van der Waals surface area contributed by atoms with Crippen LogP contribution in [0, 0.1) is 11.3 Å². The minimum Gasteiger partial charge on any atom is -0.376 e. The zero-order valence-corrected chi connectivity index (χ0v) is 15.1. The molecule has 0 aromatic rings. The minimum absolute atomic E-state index is 0.305. The maximum atomic E-state index is 5.57. The predicted octanol–water partition coefficient (Wildman–Crippen LogP) is 3.61. The van der Waals surface area contributed by atoms with Gasteiger partial charge in [-0.25, -0.2) is 0 Å². The first kappa shape index (κ1) is 17.7. The molecular formula is C17H31N3OS. The average molecular weight is 326 g/mol. The summed E-state index contributed by atoms with van der Waals surface area (Å²) < 4.78 is 5.57. The summed E-state index contributed by atoms with van der Waals surface area (Å²) in [6.45, 7) is 8.74. The summed E-state index contributed by atoms with van der Waals surface area (Å²) in [4.78, 5) is 0. The van der Waals surface area contributed by atoms with Crippen LogP contribution in [0.25, 0.3) is 0 Å². The zero-order chi connectivity index (χ0) is 16.0. The van der Waals surface area contributed by atoms with Crippen molar-refractivity contribution < 1.29 is 4.74 Å². The maximum absolute atomic E-state index is 5.57. The van der Waals surface area contributed by atoms with Gasteiger partial charge in [0.2, 0.25) is 0 Å². The van der Waals surface area contributed by atoms with E-state index >= 15 is 0 Å². The Morgan fingerprint density at radius 2 is 2.05 bits per heavy atom. The van der Waals surface area contributed by atoms with Crippen molar-refractivity contribution in [1.82, 2.24) is 10.7 Å². The number of ether oxygens (including phenoxy) is 1. The molecule has 1 aliphatic heterocycles. The van der Waals surface area contributed by atoms with Crippen LogP contribution in [0.4, 0.5) is 0 Å². The van der Waals surface area contributed by atoms with Crippen molar-refractivity contribution in [2.45, 2.75) is 71.8 Å². The molecule has 22 heavy (non-hydrogen) atoms. The monoisotopic (exact) mass is 325 g/mol. The number of hydrazone groups is 1. The molecule has 0 spiro atoms. The highest BCUT2D eigenvalue weighted by Gasteiger charge is 2.30. The van der Waals surface area contributed by atoms with Crippen molar-refractivity contribution in [2.24, 2.45) is 16.4 Å². The Morgan fingerprint density at radius 1 is 1.32 bits per heavy atom. The highest BCUT2D eigenvalue weighted by atomic mass is 32.1. The minimum atomic E-state index is 0.305. The Balaban J connectivity index is 1.67. The molecular weight excluding hydrogens is 294 g/mol. The van der Waals surface area contributed by atoms with E-state index in [-0.39, 0.29) is 0 Å². The second kappa shape index (κ2) is 8.25. The van der Waals surface area contributed by atoms with Crippen LogP contribution < -0.4 is 10.7 Å². The summed E-state index contributed by atoms with van der Waals surface area (Å²) in [5.74, 6) is 0.820. The van der Waals surface area contributed by atoms with Crippen LogP contribution in [0.3, 0.4) is 0 Å². The molecule has 0 aromatic carbocycles. The molecule has 0 radical (unpaired) electrons. The Bertz CT molecular complexity index is 393. The maximum Gasteiger partial charge on any atom is 0.187 e. The fraction of sp³-hybridized carbons (Fsp3) is 0.882. The number of rotatable bonds is 5. The summed E-state index contributed by atoms with van der Waals surface area (Å²) in [7, 11) is 0. The van der Waals surface area contributed by atoms with Crippen molar-refractivity contribution >= 4 is 23.0 Å². The normalized spacial score (nSPS) is 25.9. The fourth-order valence-corrected chi connectivity index (χ4v) is 3.44. The van der Waals surface area contributed by atoms with Gasteiger partial charge in [0.25, 0.3) is 0 Å². The van der Waals surface area contributed by atoms with Crippen LogP contribution in [0.5, 0.6) is 0 Å². The van der Waals surface area contributed by atoms with Gasteiger partial charge in [0, 0.05) is 18.9 Å². The Kier molecular flexibility index (Phi) is 6.63. The molecule has 1 heterocycles. The molecule has 1 atom stereocenters. The lowest BCUT2D eigenvalue weighted by molar-refractivity contribution is 0.114. The van der Waals surface area contributed by atoms with Crippen LogP contribution >= 0.6 is 12.2 Å². The van der Waals surface area contributed by atoms with E-state index in [4.69, 9.17) is 17.0 Å². The van der Waals surface area contributed by atoms with E-state index in [1.165, 1.54) is 25.0 Å². The van der Waals surface area contributed by atoms with Gasteiger partial charge in [0.05, 0.1) is 6.10 Å². The summed E-state index contributed by atoms with van der Waals surface area (Å²) in [5, 5.41) is 8.30. The highest BCUT2D eigenvalue weighted by Crippen LogP contribution is 2.39. The first-order valence-electron chi connectivity index (χ1n) is 8.72. The van der Waals surface area contributed by atoms with E-state index in [9.17, 15) is 0 Å². The van der Waals surface area contributed by atoms with Gasteiger partial charge >= 0.3 is 0 Å². The van der Waals surface area contributed by atoms with Crippen LogP contribution in [0.1, 0.15) is 65.7 Å². The van der Waals surface area contributed by atoms with Crippen molar-refractivity contribution in [3.05, 3.63) is 0 Å². The molecule has 2 fully saturated rings. The topological polar surface area (TPSA) is 45.7 Å². The van der Waals surface area contributed by atoms with Crippen LogP contribution in [-0.4, -0.2) is 30.1 Å². The molecule has 2 rings (SSSR count). The fourth-order valence-electron chi connectivity index (χ4n) is 3.31. The summed E-state index contributed by atoms with van der Waals surface area (Å²) in [6, 6.07) is 0. The van der Waals surface area contributed by atoms with Gasteiger partial charge in [0.15, 0.2) is 5.11 Å². The van der Waals surface area contributed by atoms with Gasteiger partial charge in [-0.15, -0.1) is 0 Å². The number of hydrogen-bond acceptors (Lipinski definition) is 3. The standard InChI is InChI=1S/C17H31N3OS/c1-4-17(2,3)13-7-9-14(10-8-13)19-20-16(22)18-12-15-6-5-11-21-15/h13,15H,4-12H2,1-3H3,(H2,18,20,22)/t13?,15-/m1/s1. The largest absolute Gasteiger partial charge is 0.376 e. The second-order valence-electron chi connectivity index (χ2n) is 7.25. The number of thiocarbonyl (C=S) groups is 1. The van der Waals surface area contributed by atoms with Crippen LogP contribution in [0.15, 0.2) is 5.10 Å². The predicted molar refractivity (Wildman–Crippen MR) is 96.2 cm³/mol. The number of hydrogen-bond donors (Lipinski definition) is 2. The summed E-state index contributed by atoms with van der Waals surface area (Å²) in [5.41, 5.74) is 4.71. The van der Waals surface area contributed by atoms with Crippen molar-refractivity contribution in [1.29, 1.82) is 0 Å². The van der Waals surface area contributed by atoms with E-state index in [2.05, 4.69) is 36.6 Å². The SMILES string of the molecule is CCC(C)(C)C1CCC(=NNC(=S)NC[C@H]2CCCO2)CC1. The first-order chi connectivity index (χ1) is 10.5. The smallest absolute Gasteiger partial charge is 0.187 e. The van der Waals surface area contributed by atoms with Gasteiger partial charge in [-0.3, -0.25) is 5.43 Å². The van der Waals surface area contributed by atoms with Crippen molar-refractivity contribution in [3.8, 4) is 0 Å². The Labute approximate surface area is 140 Å². The number of nitrogens with zero attached hydrogens (tertiary/aromatic N) is 1. The molecule has 5 heteroatoms. The van der Waals surface area contributed by atoms with E-state index in [1.54, 1.807) is 0 Å². The Hall–Kier alpha value is -0.680. The van der Waals surface area contributed by atoms with E-state index in [0.717, 1.165) is 44.8 Å². The van der Waals surface area contributed by atoms with Gasteiger partial charge in [0.1, 0.15) is 0 Å². The quantitative estimate of drug-likeness (QED) is 0.599. The third-order valence-electron chi connectivity index (χ3n) is 5.41.